The Labute approximate surface area is 189 Å². The Bertz CT molecular complexity index is 1300. The summed E-state index contributed by atoms with van der Waals surface area (Å²) < 4.78 is 23.8. The van der Waals surface area contributed by atoms with Gasteiger partial charge in [0.1, 0.15) is 22.9 Å². The van der Waals surface area contributed by atoms with Crippen LogP contribution < -0.4 is 15.8 Å². The van der Waals surface area contributed by atoms with Gasteiger partial charge in [0.2, 0.25) is 0 Å². The fourth-order valence-corrected chi connectivity index (χ4v) is 3.44. The number of carbonyl (C=O) groups excluding carboxylic acids is 1. The molecule has 1 amide bonds. The van der Waals surface area contributed by atoms with Gasteiger partial charge in [0, 0.05) is 12.0 Å². The number of carbonyl (C=O) groups is 1. The summed E-state index contributed by atoms with van der Waals surface area (Å²) >= 11 is 0. The van der Waals surface area contributed by atoms with Crippen molar-refractivity contribution in [2.45, 2.75) is 13.3 Å². The van der Waals surface area contributed by atoms with Gasteiger partial charge in [0.15, 0.2) is 5.76 Å². The van der Waals surface area contributed by atoms with E-state index in [1.807, 2.05) is 48.5 Å². The summed E-state index contributed by atoms with van der Waals surface area (Å²) in [4.78, 5) is 12.4. The molecule has 0 radical (unpaired) electrons. The average molecular weight is 444 g/mol. The maximum atomic E-state index is 13.1. The first kappa shape index (κ1) is 21.8. The van der Waals surface area contributed by atoms with Crippen molar-refractivity contribution in [2.24, 2.45) is 5.73 Å². The van der Waals surface area contributed by atoms with Crippen LogP contribution in [0.1, 0.15) is 11.3 Å². The van der Waals surface area contributed by atoms with E-state index in [4.69, 9.17) is 20.4 Å². The molecule has 0 atom stereocenters. The van der Waals surface area contributed by atoms with Gasteiger partial charge in [-0.25, -0.2) is 9.18 Å². The molecule has 1 aromatic heterocycles. The summed E-state index contributed by atoms with van der Waals surface area (Å²) in [6, 6.07) is 20.5. The van der Waals surface area contributed by atoms with Gasteiger partial charge in [0.05, 0.1) is 5.84 Å². The van der Waals surface area contributed by atoms with Crippen LogP contribution in [0.25, 0.3) is 22.5 Å². The Kier molecular flexibility index (Phi) is 6.17. The van der Waals surface area contributed by atoms with Crippen molar-refractivity contribution in [3.63, 3.8) is 0 Å². The zero-order valence-corrected chi connectivity index (χ0v) is 17.8. The van der Waals surface area contributed by atoms with Crippen LogP contribution >= 0.6 is 0 Å². The molecule has 0 fully saturated rings. The lowest BCUT2D eigenvalue weighted by Crippen LogP contribution is -2.17. The zero-order valence-electron chi connectivity index (χ0n) is 17.8. The minimum Gasteiger partial charge on any atom is -0.410 e. The number of nitrogens with zero attached hydrogens (tertiary/aromatic N) is 1. The van der Waals surface area contributed by atoms with Gasteiger partial charge in [0.25, 0.3) is 0 Å². The maximum absolute atomic E-state index is 13.1. The number of ether oxygens (including phenoxy) is 1. The number of nitrogens with two attached hydrogens (primary N) is 1. The Morgan fingerprint density at radius 1 is 1.09 bits per heavy atom. The molecule has 0 saturated heterocycles. The molecule has 0 unspecified atom stereocenters. The summed E-state index contributed by atoms with van der Waals surface area (Å²) in [6.07, 6.45) is -0.514. The fourth-order valence-electron chi connectivity index (χ4n) is 3.44. The van der Waals surface area contributed by atoms with Crippen LogP contribution in [0.3, 0.4) is 0 Å². The highest BCUT2D eigenvalue weighted by Gasteiger charge is 2.20. The van der Waals surface area contributed by atoms with E-state index in [0.29, 0.717) is 22.7 Å². The van der Waals surface area contributed by atoms with Gasteiger partial charge in [-0.3, -0.25) is 10.7 Å². The lowest BCUT2D eigenvalue weighted by Gasteiger charge is -2.12. The zero-order chi connectivity index (χ0) is 23.4. The minimum atomic E-state index is -0.765. The highest BCUT2D eigenvalue weighted by molar-refractivity contribution is 5.92. The highest BCUT2D eigenvalue weighted by Crippen LogP contribution is 2.35. The van der Waals surface area contributed by atoms with E-state index >= 15 is 0 Å². The van der Waals surface area contributed by atoms with Crippen LogP contribution in [0.15, 0.2) is 77.3 Å². The molecule has 8 heteroatoms. The van der Waals surface area contributed by atoms with Crippen molar-refractivity contribution in [1.29, 1.82) is 5.41 Å². The Hall–Kier alpha value is -4.46. The number of aromatic nitrogens is 1. The molecule has 0 aliphatic carbocycles. The lowest BCUT2D eigenvalue weighted by atomic mass is 9.94. The monoisotopic (exact) mass is 444 g/mol. The molecule has 33 heavy (non-hydrogen) atoms. The number of anilines is 1. The summed E-state index contributed by atoms with van der Waals surface area (Å²) in [5.74, 6) is 0.132. The second-order valence-corrected chi connectivity index (χ2v) is 7.38. The molecule has 0 saturated carbocycles. The number of halogens is 1. The van der Waals surface area contributed by atoms with E-state index in [2.05, 4.69) is 10.5 Å². The molecule has 4 rings (SSSR count). The maximum Gasteiger partial charge on any atom is 0.417 e. The van der Waals surface area contributed by atoms with Crippen molar-refractivity contribution in [3.05, 3.63) is 89.9 Å². The summed E-state index contributed by atoms with van der Waals surface area (Å²) in [5.41, 5.74) is 9.93. The molecular formula is C25H21FN4O3. The van der Waals surface area contributed by atoms with E-state index < -0.39 is 11.9 Å². The Morgan fingerprint density at radius 3 is 2.52 bits per heavy atom. The van der Waals surface area contributed by atoms with E-state index in [9.17, 15) is 9.18 Å². The molecule has 166 valence electrons. The van der Waals surface area contributed by atoms with Crippen LogP contribution in [0.4, 0.5) is 14.9 Å². The van der Waals surface area contributed by atoms with E-state index in [0.717, 1.165) is 16.7 Å². The standard InChI is InChI=1S/C25H21FN4O3/c1-15-23(29-25(31)32-20-10-8-19(26)9-11-20)24(33-30-15)17-7-12-21(16-5-3-2-4-6-16)18(13-17)14-22(27)28/h2-13H,14H2,1H3,(H3,27,28)(H,29,31). The number of hydrogen-bond donors (Lipinski definition) is 3. The molecule has 0 aliphatic heterocycles. The second-order valence-electron chi connectivity index (χ2n) is 7.38. The van der Waals surface area contributed by atoms with Gasteiger partial charge in [-0.1, -0.05) is 47.6 Å². The molecule has 3 aromatic carbocycles. The lowest BCUT2D eigenvalue weighted by molar-refractivity contribution is 0.215. The molecule has 1 heterocycles. The SMILES string of the molecule is Cc1noc(-c2ccc(-c3ccccc3)c(CC(=N)N)c2)c1NC(=O)Oc1ccc(F)cc1. The van der Waals surface area contributed by atoms with Gasteiger partial charge in [-0.15, -0.1) is 0 Å². The number of aryl methyl sites for hydroxylation is 1. The van der Waals surface area contributed by atoms with Crippen molar-refractivity contribution >= 4 is 17.6 Å². The van der Waals surface area contributed by atoms with E-state index in [1.54, 1.807) is 6.92 Å². The second kappa shape index (κ2) is 9.35. The van der Waals surface area contributed by atoms with E-state index in [-0.39, 0.29) is 18.0 Å². The van der Waals surface area contributed by atoms with E-state index in [1.165, 1.54) is 24.3 Å². The van der Waals surface area contributed by atoms with Crippen molar-refractivity contribution < 1.29 is 18.4 Å². The van der Waals surface area contributed by atoms with Gasteiger partial charge in [-0.05, 0) is 53.9 Å². The first-order valence-corrected chi connectivity index (χ1v) is 10.1. The largest absolute Gasteiger partial charge is 0.417 e. The van der Waals surface area contributed by atoms with Crippen LogP contribution in [0, 0.1) is 18.2 Å². The van der Waals surface area contributed by atoms with Gasteiger partial charge < -0.3 is 15.0 Å². The number of nitrogens with one attached hydrogen (secondary N) is 2. The van der Waals surface area contributed by atoms with Crippen LogP contribution in [0.2, 0.25) is 0 Å². The van der Waals surface area contributed by atoms with Gasteiger partial charge in [-0.2, -0.15) is 0 Å². The molecule has 4 aromatic rings. The first-order valence-electron chi connectivity index (χ1n) is 10.1. The smallest absolute Gasteiger partial charge is 0.410 e. The predicted octanol–water partition coefficient (Wildman–Crippen LogP) is 5.55. The minimum absolute atomic E-state index is 0.0271. The third-order valence-electron chi connectivity index (χ3n) is 4.95. The number of amidine groups is 1. The third-order valence-corrected chi connectivity index (χ3v) is 4.95. The number of benzene rings is 3. The van der Waals surface area contributed by atoms with Crippen LogP contribution in [-0.2, 0) is 6.42 Å². The Balaban J connectivity index is 1.65. The summed E-state index contributed by atoms with van der Waals surface area (Å²) in [7, 11) is 0. The number of hydrogen-bond acceptors (Lipinski definition) is 5. The van der Waals surface area contributed by atoms with Crippen molar-refractivity contribution in [2.75, 3.05) is 5.32 Å². The normalized spacial score (nSPS) is 10.6. The summed E-state index contributed by atoms with van der Waals surface area (Å²) in [6.45, 7) is 1.69. The Morgan fingerprint density at radius 2 is 1.82 bits per heavy atom. The van der Waals surface area contributed by atoms with Gasteiger partial charge >= 0.3 is 6.09 Å². The average Bonchev–Trinajstić information content (AvgIpc) is 3.15. The predicted molar refractivity (Wildman–Crippen MR) is 124 cm³/mol. The highest BCUT2D eigenvalue weighted by atomic mass is 19.1. The molecule has 4 N–H and O–H groups in total. The fraction of sp³-hybridized carbons (Fsp3) is 0.0800. The molecule has 0 spiro atoms. The summed E-state index contributed by atoms with van der Waals surface area (Å²) in [5, 5.41) is 14.4. The number of rotatable bonds is 6. The molecule has 0 aliphatic rings. The quantitative estimate of drug-likeness (QED) is 0.267. The molecule has 0 bridgehead atoms. The molecular weight excluding hydrogens is 423 g/mol. The van der Waals surface area contributed by atoms with Crippen LogP contribution in [-0.4, -0.2) is 17.1 Å². The van der Waals surface area contributed by atoms with Crippen LogP contribution in [0.5, 0.6) is 5.75 Å². The first-order chi connectivity index (χ1) is 15.9. The topological polar surface area (TPSA) is 114 Å². The third kappa shape index (κ3) is 5.07. The molecule has 7 nitrogen and oxygen atoms in total. The van der Waals surface area contributed by atoms with Crippen molar-refractivity contribution in [1.82, 2.24) is 5.16 Å². The van der Waals surface area contributed by atoms with Crippen molar-refractivity contribution in [3.8, 4) is 28.2 Å². The number of amides is 1.